The molecule has 4 nitrogen and oxygen atoms in total. The van der Waals surface area contributed by atoms with E-state index in [1.54, 1.807) is 11.3 Å². The number of aromatic nitrogens is 4. The molecule has 0 fully saturated rings. The van der Waals surface area contributed by atoms with Gasteiger partial charge in [0.1, 0.15) is 5.01 Å². The maximum atomic E-state index is 5.05. The Hall–Kier alpha value is -5.00. The largest absolute Gasteiger partial charge is 0.235 e. The maximum Gasteiger partial charge on any atom is 0.164 e. The number of rotatable bonds is 5. The molecule has 0 atom stereocenters. The molecule has 0 saturated carbocycles. The molecule has 0 saturated heterocycles. The normalized spacial score (nSPS) is 11.1. The van der Waals surface area contributed by atoms with Crippen molar-refractivity contribution in [3.8, 4) is 55.9 Å². The lowest BCUT2D eigenvalue weighted by molar-refractivity contribution is 1.07. The first-order chi connectivity index (χ1) is 19.3. The van der Waals surface area contributed by atoms with Crippen LogP contribution < -0.4 is 0 Å². The first-order valence-corrected chi connectivity index (χ1v) is 13.6. The topological polar surface area (TPSA) is 51.6 Å². The van der Waals surface area contributed by atoms with Crippen molar-refractivity contribution in [3.05, 3.63) is 133 Å². The van der Waals surface area contributed by atoms with Gasteiger partial charge in [0, 0.05) is 27.8 Å². The van der Waals surface area contributed by atoms with Crippen LogP contribution in [0.4, 0.5) is 0 Å². The first-order valence-electron chi connectivity index (χ1n) is 12.7. The molecule has 0 amide bonds. The lowest BCUT2D eigenvalue weighted by Crippen LogP contribution is -2.00. The van der Waals surface area contributed by atoms with Crippen molar-refractivity contribution in [3.63, 3.8) is 0 Å². The molecule has 0 N–H and O–H groups in total. The molecule has 39 heavy (non-hydrogen) atoms. The minimum absolute atomic E-state index is 0.639. The standard InChI is InChI=1S/C34H22N4S/c1-4-12-23(13-5-1)31-36-32(24-14-6-2-7-15-24)38-33(37-31)27-19-10-18-26(22-27)28-20-11-21-29-30(28)35-34(39-29)25-16-8-3-9-17-25/h1-22H. The number of nitrogens with zero attached hydrogens (tertiary/aromatic N) is 4. The van der Waals surface area contributed by atoms with Gasteiger partial charge in [-0.25, -0.2) is 19.9 Å². The summed E-state index contributed by atoms with van der Waals surface area (Å²) in [5.41, 5.74) is 7.14. The highest BCUT2D eigenvalue weighted by molar-refractivity contribution is 7.21. The monoisotopic (exact) mass is 518 g/mol. The predicted molar refractivity (Wildman–Crippen MR) is 160 cm³/mol. The van der Waals surface area contributed by atoms with Gasteiger partial charge in [0.2, 0.25) is 0 Å². The van der Waals surface area contributed by atoms with Crippen molar-refractivity contribution in [1.29, 1.82) is 0 Å². The number of fused-ring (bicyclic) bond motifs is 1. The summed E-state index contributed by atoms with van der Waals surface area (Å²) in [4.78, 5) is 19.7. The van der Waals surface area contributed by atoms with Crippen LogP contribution in [0.1, 0.15) is 0 Å². The summed E-state index contributed by atoms with van der Waals surface area (Å²) < 4.78 is 1.16. The van der Waals surface area contributed by atoms with E-state index in [0.717, 1.165) is 48.6 Å². The molecule has 5 aromatic carbocycles. The molecule has 0 aliphatic rings. The zero-order valence-electron chi connectivity index (χ0n) is 20.9. The van der Waals surface area contributed by atoms with Gasteiger partial charge in [-0.15, -0.1) is 11.3 Å². The molecule has 184 valence electrons. The summed E-state index contributed by atoms with van der Waals surface area (Å²) in [7, 11) is 0. The SMILES string of the molecule is c1ccc(-c2nc(-c3ccccc3)nc(-c3cccc(-c4cccc5sc(-c6ccccc6)nc45)c3)n2)cc1. The fourth-order valence-electron chi connectivity index (χ4n) is 4.65. The fourth-order valence-corrected chi connectivity index (χ4v) is 5.65. The van der Waals surface area contributed by atoms with Crippen molar-refractivity contribution in [2.75, 3.05) is 0 Å². The average Bonchev–Trinajstić information content (AvgIpc) is 3.47. The molecule has 2 heterocycles. The van der Waals surface area contributed by atoms with Crippen LogP contribution in [0.3, 0.4) is 0 Å². The number of thiazole rings is 1. The van der Waals surface area contributed by atoms with Gasteiger partial charge in [0.05, 0.1) is 10.2 Å². The summed E-state index contributed by atoms with van der Waals surface area (Å²) in [5, 5.41) is 1.02. The highest BCUT2D eigenvalue weighted by Gasteiger charge is 2.15. The second-order valence-corrected chi connectivity index (χ2v) is 10.2. The lowest BCUT2D eigenvalue weighted by Gasteiger charge is -2.10. The smallest absolute Gasteiger partial charge is 0.164 e. The molecule has 0 aliphatic heterocycles. The van der Waals surface area contributed by atoms with E-state index in [9.17, 15) is 0 Å². The predicted octanol–water partition coefficient (Wildman–Crippen LogP) is 8.82. The molecule has 0 aliphatic carbocycles. The zero-order chi connectivity index (χ0) is 26.0. The van der Waals surface area contributed by atoms with Crippen LogP contribution in [0, 0.1) is 0 Å². The number of benzene rings is 5. The van der Waals surface area contributed by atoms with E-state index in [1.165, 1.54) is 0 Å². The quantitative estimate of drug-likeness (QED) is 0.228. The third-order valence-electron chi connectivity index (χ3n) is 6.57. The van der Waals surface area contributed by atoms with Gasteiger partial charge in [-0.1, -0.05) is 121 Å². The third-order valence-corrected chi connectivity index (χ3v) is 7.64. The van der Waals surface area contributed by atoms with Crippen molar-refractivity contribution in [2.24, 2.45) is 0 Å². The number of hydrogen-bond donors (Lipinski definition) is 0. The van der Waals surface area contributed by atoms with Crippen LogP contribution in [0.25, 0.3) is 66.1 Å². The van der Waals surface area contributed by atoms with Gasteiger partial charge in [-0.05, 0) is 17.7 Å². The van der Waals surface area contributed by atoms with E-state index in [4.69, 9.17) is 19.9 Å². The number of hydrogen-bond acceptors (Lipinski definition) is 5. The fraction of sp³-hybridized carbons (Fsp3) is 0. The summed E-state index contributed by atoms with van der Waals surface area (Å²) in [6, 6.07) is 45.2. The Balaban J connectivity index is 1.36. The van der Waals surface area contributed by atoms with Crippen LogP contribution in [-0.4, -0.2) is 19.9 Å². The minimum atomic E-state index is 0.639. The highest BCUT2D eigenvalue weighted by Crippen LogP contribution is 2.36. The molecule has 0 bridgehead atoms. The minimum Gasteiger partial charge on any atom is -0.235 e. The molecule has 7 aromatic rings. The molecule has 7 rings (SSSR count). The van der Waals surface area contributed by atoms with E-state index in [2.05, 4.69) is 54.6 Å². The molecule has 0 unspecified atom stereocenters. The Morgan fingerprint density at radius 3 is 1.49 bits per heavy atom. The average molecular weight is 519 g/mol. The van der Waals surface area contributed by atoms with Gasteiger partial charge in [0.15, 0.2) is 17.5 Å². The van der Waals surface area contributed by atoms with Gasteiger partial charge in [-0.3, -0.25) is 0 Å². The Kier molecular flexibility index (Phi) is 5.96. The molecular formula is C34H22N4S. The third kappa shape index (κ3) is 4.60. The summed E-state index contributed by atoms with van der Waals surface area (Å²) in [6.07, 6.45) is 0. The number of para-hydroxylation sites is 1. The molecule has 0 spiro atoms. The van der Waals surface area contributed by atoms with Crippen molar-refractivity contribution in [2.45, 2.75) is 0 Å². The van der Waals surface area contributed by atoms with Crippen LogP contribution in [0.5, 0.6) is 0 Å². The lowest BCUT2D eigenvalue weighted by atomic mass is 10.0. The van der Waals surface area contributed by atoms with E-state index in [1.807, 2.05) is 78.9 Å². The molecule has 2 aromatic heterocycles. The Bertz CT molecular complexity index is 1840. The molecule has 0 radical (unpaired) electrons. The maximum absolute atomic E-state index is 5.05. The van der Waals surface area contributed by atoms with E-state index >= 15 is 0 Å². The van der Waals surface area contributed by atoms with E-state index < -0.39 is 0 Å². The van der Waals surface area contributed by atoms with Crippen molar-refractivity contribution < 1.29 is 0 Å². The Morgan fingerprint density at radius 1 is 0.385 bits per heavy atom. The Morgan fingerprint density at radius 2 is 0.872 bits per heavy atom. The van der Waals surface area contributed by atoms with Crippen LogP contribution in [0.15, 0.2) is 133 Å². The van der Waals surface area contributed by atoms with Crippen LogP contribution in [0.2, 0.25) is 0 Å². The molecular weight excluding hydrogens is 496 g/mol. The highest BCUT2D eigenvalue weighted by atomic mass is 32.1. The molecule has 5 heteroatoms. The van der Waals surface area contributed by atoms with Crippen LogP contribution in [-0.2, 0) is 0 Å². The van der Waals surface area contributed by atoms with Gasteiger partial charge in [0.25, 0.3) is 0 Å². The van der Waals surface area contributed by atoms with Gasteiger partial charge < -0.3 is 0 Å². The first kappa shape index (κ1) is 23.1. The van der Waals surface area contributed by atoms with E-state index in [-0.39, 0.29) is 0 Å². The van der Waals surface area contributed by atoms with Crippen molar-refractivity contribution >= 4 is 21.6 Å². The van der Waals surface area contributed by atoms with Gasteiger partial charge in [-0.2, -0.15) is 0 Å². The van der Waals surface area contributed by atoms with Crippen molar-refractivity contribution in [1.82, 2.24) is 19.9 Å². The summed E-state index contributed by atoms with van der Waals surface area (Å²) in [6.45, 7) is 0. The van der Waals surface area contributed by atoms with Gasteiger partial charge >= 0.3 is 0 Å². The van der Waals surface area contributed by atoms with Crippen LogP contribution >= 0.6 is 11.3 Å². The second-order valence-electron chi connectivity index (χ2n) is 9.16. The Labute approximate surface area is 230 Å². The second kappa shape index (κ2) is 10.0. The zero-order valence-corrected chi connectivity index (χ0v) is 21.7. The summed E-state index contributed by atoms with van der Waals surface area (Å²) in [5.74, 6) is 1.94. The summed E-state index contributed by atoms with van der Waals surface area (Å²) >= 11 is 1.71. The van der Waals surface area contributed by atoms with E-state index in [0.29, 0.717) is 17.5 Å².